The highest BCUT2D eigenvalue weighted by Crippen LogP contribution is 2.50. The molecule has 1 spiro atoms. The SMILES string of the molecule is CC1=CC2(Oc3ccc(C)cc3S2)C(=O)C=C1. The van der Waals surface area contributed by atoms with Crippen molar-refractivity contribution in [1.29, 1.82) is 0 Å². The standard InChI is InChI=1S/C14H12O2S/c1-9-3-5-11-12(7-9)17-14(16-11)8-10(2)4-6-13(14)15/h3-8H,1-2H3. The number of hydrogen-bond acceptors (Lipinski definition) is 3. The Balaban J connectivity index is 2.05. The highest BCUT2D eigenvalue weighted by Gasteiger charge is 2.45. The van der Waals surface area contributed by atoms with Crippen LogP contribution in [0.2, 0.25) is 0 Å². The van der Waals surface area contributed by atoms with Gasteiger partial charge in [-0.1, -0.05) is 23.9 Å². The lowest BCUT2D eigenvalue weighted by molar-refractivity contribution is -0.120. The first-order valence-corrected chi connectivity index (χ1v) is 6.31. The smallest absolute Gasteiger partial charge is 0.240 e. The van der Waals surface area contributed by atoms with Crippen LogP contribution in [0.5, 0.6) is 5.75 Å². The Morgan fingerprint density at radius 3 is 2.88 bits per heavy atom. The molecule has 17 heavy (non-hydrogen) atoms. The molecule has 1 aliphatic carbocycles. The maximum absolute atomic E-state index is 12.0. The Hall–Kier alpha value is -1.48. The number of carbonyl (C=O) groups is 1. The van der Waals surface area contributed by atoms with Crippen LogP contribution >= 0.6 is 11.8 Å². The summed E-state index contributed by atoms with van der Waals surface area (Å²) in [4.78, 5) is 12.2. The first-order valence-electron chi connectivity index (χ1n) is 5.50. The molecule has 0 saturated carbocycles. The molecule has 3 heteroatoms. The molecule has 0 N–H and O–H groups in total. The number of fused-ring (bicyclic) bond motifs is 1. The molecule has 1 unspecified atom stereocenters. The second kappa shape index (κ2) is 3.50. The van der Waals surface area contributed by atoms with Crippen LogP contribution in [0.4, 0.5) is 0 Å². The normalized spacial score (nSPS) is 25.8. The van der Waals surface area contributed by atoms with Crippen LogP contribution in [0, 0.1) is 6.92 Å². The summed E-state index contributed by atoms with van der Waals surface area (Å²) in [6, 6.07) is 5.99. The van der Waals surface area contributed by atoms with Gasteiger partial charge in [-0.3, -0.25) is 4.79 Å². The first kappa shape index (κ1) is 10.7. The van der Waals surface area contributed by atoms with E-state index >= 15 is 0 Å². The lowest BCUT2D eigenvalue weighted by Crippen LogP contribution is -2.37. The van der Waals surface area contributed by atoms with E-state index in [-0.39, 0.29) is 5.78 Å². The molecule has 1 atom stereocenters. The van der Waals surface area contributed by atoms with Crippen molar-refractivity contribution >= 4 is 17.5 Å². The van der Waals surface area contributed by atoms with Crippen molar-refractivity contribution in [3.8, 4) is 5.75 Å². The van der Waals surface area contributed by atoms with Gasteiger partial charge in [-0.05, 0) is 49.3 Å². The first-order chi connectivity index (χ1) is 8.09. The summed E-state index contributed by atoms with van der Waals surface area (Å²) in [5.74, 6) is 0.801. The molecule has 0 bridgehead atoms. The van der Waals surface area contributed by atoms with Gasteiger partial charge in [-0.25, -0.2) is 0 Å². The van der Waals surface area contributed by atoms with Gasteiger partial charge >= 0.3 is 0 Å². The van der Waals surface area contributed by atoms with Gasteiger partial charge in [-0.15, -0.1) is 0 Å². The van der Waals surface area contributed by atoms with E-state index in [0.717, 1.165) is 16.2 Å². The molecule has 0 aromatic heterocycles. The number of allylic oxidation sites excluding steroid dienone is 2. The number of thioether (sulfide) groups is 1. The Morgan fingerprint density at radius 2 is 2.06 bits per heavy atom. The van der Waals surface area contributed by atoms with E-state index in [1.54, 1.807) is 6.08 Å². The fraction of sp³-hybridized carbons (Fsp3) is 0.214. The van der Waals surface area contributed by atoms with Crippen molar-refractivity contribution in [2.24, 2.45) is 0 Å². The van der Waals surface area contributed by atoms with E-state index in [2.05, 4.69) is 6.07 Å². The summed E-state index contributed by atoms with van der Waals surface area (Å²) in [6.45, 7) is 4.01. The predicted octanol–water partition coefficient (Wildman–Crippen LogP) is 3.26. The van der Waals surface area contributed by atoms with Crippen molar-refractivity contribution in [3.63, 3.8) is 0 Å². The number of aryl methyl sites for hydroxylation is 1. The van der Waals surface area contributed by atoms with E-state index in [4.69, 9.17) is 4.74 Å². The largest absolute Gasteiger partial charge is 0.464 e. The molecule has 1 aromatic carbocycles. The molecule has 0 saturated heterocycles. The molecule has 2 nitrogen and oxygen atoms in total. The van der Waals surface area contributed by atoms with Crippen LogP contribution in [0.15, 0.2) is 46.9 Å². The Kier molecular flexibility index (Phi) is 2.20. The second-order valence-corrected chi connectivity index (χ2v) is 5.66. The summed E-state index contributed by atoms with van der Waals surface area (Å²) in [5, 5.41) is 0. The van der Waals surface area contributed by atoms with Crippen LogP contribution < -0.4 is 4.74 Å². The zero-order valence-electron chi connectivity index (χ0n) is 9.69. The van der Waals surface area contributed by atoms with Gasteiger partial charge in [-0.2, -0.15) is 0 Å². The Labute approximate surface area is 104 Å². The molecule has 0 radical (unpaired) electrons. The molecule has 2 aliphatic rings. The average Bonchev–Trinajstić information content (AvgIpc) is 2.62. The van der Waals surface area contributed by atoms with Crippen molar-refractivity contribution in [3.05, 3.63) is 47.6 Å². The third-order valence-electron chi connectivity index (χ3n) is 2.88. The van der Waals surface area contributed by atoms with Crippen LogP contribution in [0.25, 0.3) is 0 Å². The van der Waals surface area contributed by atoms with Gasteiger partial charge in [0.25, 0.3) is 0 Å². The number of ether oxygens (including phenoxy) is 1. The minimum absolute atomic E-state index is 0.00181. The van der Waals surface area contributed by atoms with Crippen LogP contribution in [0.3, 0.4) is 0 Å². The quantitative estimate of drug-likeness (QED) is 0.700. The molecule has 1 aliphatic heterocycles. The third-order valence-corrected chi connectivity index (χ3v) is 4.13. The molecule has 0 fully saturated rings. The fourth-order valence-corrected chi connectivity index (χ4v) is 3.36. The Bertz CT molecular complexity index is 572. The van der Waals surface area contributed by atoms with Crippen molar-refractivity contribution in [2.45, 2.75) is 23.7 Å². The average molecular weight is 244 g/mol. The van der Waals surface area contributed by atoms with Gasteiger partial charge in [0.1, 0.15) is 5.75 Å². The Morgan fingerprint density at radius 1 is 1.24 bits per heavy atom. The van der Waals surface area contributed by atoms with Crippen molar-refractivity contribution in [2.75, 3.05) is 0 Å². The maximum atomic E-state index is 12.0. The number of rotatable bonds is 0. The van der Waals surface area contributed by atoms with Gasteiger partial charge in [0.15, 0.2) is 0 Å². The maximum Gasteiger partial charge on any atom is 0.240 e. The third kappa shape index (κ3) is 1.62. The van der Waals surface area contributed by atoms with Crippen LogP contribution in [-0.4, -0.2) is 10.7 Å². The number of hydrogen-bond donors (Lipinski definition) is 0. The number of carbonyl (C=O) groups excluding carboxylic acids is 1. The van der Waals surface area contributed by atoms with Crippen molar-refractivity contribution < 1.29 is 9.53 Å². The fourth-order valence-electron chi connectivity index (χ4n) is 2.03. The highest BCUT2D eigenvalue weighted by molar-refractivity contribution is 8.01. The van der Waals surface area contributed by atoms with Gasteiger partial charge in [0.2, 0.25) is 10.7 Å². The summed E-state index contributed by atoms with van der Waals surface area (Å²) in [6.07, 6.45) is 5.32. The number of ketones is 1. The van der Waals surface area contributed by atoms with E-state index in [1.807, 2.05) is 38.1 Å². The summed E-state index contributed by atoms with van der Waals surface area (Å²) < 4.78 is 5.86. The molecule has 3 rings (SSSR count). The lowest BCUT2D eigenvalue weighted by atomic mass is 10.0. The highest BCUT2D eigenvalue weighted by atomic mass is 32.2. The monoisotopic (exact) mass is 244 g/mol. The molecular formula is C14H12O2S. The minimum Gasteiger partial charge on any atom is -0.464 e. The van der Waals surface area contributed by atoms with E-state index in [1.165, 1.54) is 17.3 Å². The second-order valence-electron chi connectivity index (χ2n) is 4.41. The van der Waals surface area contributed by atoms with Gasteiger partial charge in [0.05, 0.1) is 4.90 Å². The van der Waals surface area contributed by atoms with E-state index in [0.29, 0.717) is 0 Å². The van der Waals surface area contributed by atoms with Crippen LogP contribution in [-0.2, 0) is 4.79 Å². The van der Waals surface area contributed by atoms with E-state index < -0.39 is 4.93 Å². The van der Waals surface area contributed by atoms with Crippen LogP contribution in [0.1, 0.15) is 12.5 Å². The summed E-state index contributed by atoms with van der Waals surface area (Å²) >= 11 is 1.49. The van der Waals surface area contributed by atoms with Gasteiger partial charge in [0, 0.05) is 0 Å². The predicted molar refractivity (Wildman–Crippen MR) is 68.3 cm³/mol. The molecule has 1 aromatic rings. The molecule has 1 heterocycles. The molecular weight excluding hydrogens is 232 g/mol. The number of benzene rings is 1. The zero-order chi connectivity index (χ0) is 12.0. The molecule has 0 amide bonds. The summed E-state index contributed by atoms with van der Waals surface area (Å²) in [5.41, 5.74) is 2.23. The van der Waals surface area contributed by atoms with Gasteiger partial charge < -0.3 is 4.74 Å². The van der Waals surface area contributed by atoms with E-state index in [9.17, 15) is 4.79 Å². The zero-order valence-corrected chi connectivity index (χ0v) is 10.5. The van der Waals surface area contributed by atoms with Crippen molar-refractivity contribution in [1.82, 2.24) is 0 Å². The minimum atomic E-state index is -0.866. The topological polar surface area (TPSA) is 26.3 Å². The lowest BCUT2D eigenvalue weighted by Gasteiger charge is -2.24. The molecule has 86 valence electrons. The summed E-state index contributed by atoms with van der Waals surface area (Å²) in [7, 11) is 0.